The summed E-state index contributed by atoms with van der Waals surface area (Å²) in [5.41, 5.74) is 0. The van der Waals surface area contributed by atoms with Crippen molar-refractivity contribution in [3.8, 4) is 0 Å². The van der Waals surface area contributed by atoms with Crippen molar-refractivity contribution >= 4 is 19.3 Å². The van der Waals surface area contributed by atoms with Gasteiger partial charge in [0, 0.05) is 5.15 Å². The molecule has 0 aromatic carbocycles. The SMILES string of the molecule is C[CH](C)[Al]([CH]=O)[CH](C)C. The zero-order valence-corrected chi connectivity index (χ0v) is 7.87. The van der Waals surface area contributed by atoms with E-state index in [1.54, 1.807) is 0 Å². The second-order valence-corrected chi connectivity index (χ2v) is 7.29. The highest BCUT2D eigenvalue weighted by Gasteiger charge is 2.24. The molecule has 0 rings (SSSR count). The number of carbonyl (C=O) groups is 1. The van der Waals surface area contributed by atoms with E-state index >= 15 is 0 Å². The molecule has 0 aromatic rings. The highest BCUT2D eigenvalue weighted by Crippen LogP contribution is 2.17. The van der Waals surface area contributed by atoms with Crippen LogP contribution in [0.1, 0.15) is 27.7 Å². The van der Waals surface area contributed by atoms with Gasteiger partial charge in [-0.3, -0.25) is 0 Å². The summed E-state index contributed by atoms with van der Waals surface area (Å²) < 4.78 is 1.25. The Kier molecular flexibility index (Phi) is 4.18. The molecule has 1 nitrogen and oxygen atoms in total. The van der Waals surface area contributed by atoms with Gasteiger partial charge in [0.2, 0.25) is 0 Å². The van der Waals surface area contributed by atoms with E-state index in [0.29, 0.717) is 9.56 Å². The van der Waals surface area contributed by atoms with Crippen molar-refractivity contribution < 1.29 is 4.79 Å². The number of hydrogen-bond acceptors (Lipinski definition) is 1. The van der Waals surface area contributed by atoms with Crippen LogP contribution in [0.15, 0.2) is 0 Å². The van der Waals surface area contributed by atoms with E-state index in [9.17, 15) is 4.79 Å². The molecule has 9 heavy (non-hydrogen) atoms. The van der Waals surface area contributed by atoms with E-state index in [1.165, 1.54) is 5.15 Å². The Labute approximate surface area is 61.8 Å². The fraction of sp³-hybridized carbons (Fsp3) is 0.857. The van der Waals surface area contributed by atoms with Crippen molar-refractivity contribution in [3.05, 3.63) is 0 Å². The Morgan fingerprint density at radius 2 is 1.44 bits per heavy atom. The molecule has 0 aliphatic heterocycles. The van der Waals surface area contributed by atoms with Crippen molar-refractivity contribution in [2.45, 2.75) is 37.3 Å². The summed E-state index contributed by atoms with van der Waals surface area (Å²) >= 11 is -1.04. The van der Waals surface area contributed by atoms with Crippen LogP contribution in [0, 0.1) is 0 Å². The standard InChI is InChI=1S/2C3H7.CHO.Al/c2*1-3-2;1-2;/h2*3H,1-2H3;1H;. The lowest BCUT2D eigenvalue weighted by atomic mass is 10.5. The van der Waals surface area contributed by atoms with Crippen LogP contribution in [0.5, 0.6) is 0 Å². The molecular formula is C7H15AlO. The molecule has 2 heteroatoms. The van der Waals surface area contributed by atoms with Crippen LogP contribution in [0.4, 0.5) is 0 Å². The fourth-order valence-electron chi connectivity index (χ4n) is 1.08. The molecule has 0 spiro atoms. The number of carbonyl (C=O) groups excluding carboxylic acids is 1. The summed E-state index contributed by atoms with van der Waals surface area (Å²) in [6, 6.07) is 0. The maximum absolute atomic E-state index is 10.4. The predicted molar refractivity (Wildman–Crippen MR) is 42.7 cm³/mol. The quantitative estimate of drug-likeness (QED) is 0.435. The third-order valence-electron chi connectivity index (χ3n) is 1.70. The number of rotatable bonds is 3. The van der Waals surface area contributed by atoms with Gasteiger partial charge in [-0.05, 0) is 0 Å². The molecule has 0 aliphatic carbocycles. The first kappa shape index (κ1) is 9.20. The highest BCUT2D eigenvalue weighted by molar-refractivity contribution is 6.86. The van der Waals surface area contributed by atoms with Crippen molar-refractivity contribution in [3.63, 3.8) is 0 Å². The first-order valence-corrected chi connectivity index (χ1v) is 5.55. The zero-order chi connectivity index (χ0) is 7.44. The number of hydrogen-bond donors (Lipinski definition) is 0. The molecule has 0 unspecified atom stereocenters. The van der Waals surface area contributed by atoms with Crippen molar-refractivity contribution in [2.75, 3.05) is 0 Å². The van der Waals surface area contributed by atoms with Crippen LogP contribution < -0.4 is 0 Å². The molecule has 0 bridgehead atoms. The minimum absolute atomic E-state index is 0.627. The first-order chi connectivity index (χ1) is 4.09. The van der Waals surface area contributed by atoms with Crippen LogP contribution in [-0.2, 0) is 4.79 Å². The minimum atomic E-state index is -1.04. The average molecular weight is 142 g/mol. The molecule has 0 radical (unpaired) electrons. The van der Waals surface area contributed by atoms with E-state index in [4.69, 9.17) is 0 Å². The lowest BCUT2D eigenvalue weighted by Crippen LogP contribution is -2.22. The summed E-state index contributed by atoms with van der Waals surface area (Å²) in [5.74, 6) is 0. The Balaban J connectivity index is 3.82. The van der Waals surface area contributed by atoms with Crippen molar-refractivity contribution in [1.29, 1.82) is 0 Å². The topological polar surface area (TPSA) is 17.1 Å². The Morgan fingerprint density at radius 3 is 1.44 bits per heavy atom. The van der Waals surface area contributed by atoms with Crippen molar-refractivity contribution in [1.82, 2.24) is 0 Å². The van der Waals surface area contributed by atoms with E-state index in [-0.39, 0.29) is 0 Å². The summed E-state index contributed by atoms with van der Waals surface area (Å²) in [7, 11) is 0. The summed E-state index contributed by atoms with van der Waals surface area (Å²) in [4.78, 5) is 10.4. The molecule has 0 N–H and O–H groups in total. The molecule has 0 amide bonds. The van der Waals surface area contributed by atoms with Crippen LogP contribution in [0.3, 0.4) is 0 Å². The third kappa shape index (κ3) is 3.03. The zero-order valence-electron chi connectivity index (χ0n) is 6.72. The first-order valence-electron chi connectivity index (χ1n) is 3.55. The lowest BCUT2D eigenvalue weighted by molar-refractivity contribution is 0.566. The fourth-order valence-corrected chi connectivity index (χ4v) is 3.25. The van der Waals surface area contributed by atoms with E-state index in [1.807, 2.05) is 0 Å². The monoisotopic (exact) mass is 142 g/mol. The van der Waals surface area contributed by atoms with Crippen molar-refractivity contribution in [2.24, 2.45) is 0 Å². The second kappa shape index (κ2) is 4.09. The van der Waals surface area contributed by atoms with Crippen LogP contribution >= 0.6 is 0 Å². The maximum atomic E-state index is 10.4. The van der Waals surface area contributed by atoms with Gasteiger partial charge in [-0.15, -0.1) is 0 Å². The van der Waals surface area contributed by atoms with E-state index in [0.717, 1.165) is 0 Å². The van der Waals surface area contributed by atoms with E-state index in [2.05, 4.69) is 27.7 Å². The van der Waals surface area contributed by atoms with Gasteiger partial charge in [-0.1, -0.05) is 37.3 Å². The van der Waals surface area contributed by atoms with Gasteiger partial charge in [-0.2, -0.15) is 0 Å². The van der Waals surface area contributed by atoms with Gasteiger partial charge in [0.15, 0.2) is 0 Å². The largest absolute Gasteiger partial charge is 0.365 e. The molecule has 0 aliphatic rings. The van der Waals surface area contributed by atoms with Gasteiger partial charge < -0.3 is 4.79 Å². The minimum Gasteiger partial charge on any atom is -0.324 e. The van der Waals surface area contributed by atoms with E-state index < -0.39 is 14.1 Å². The molecule has 0 atom stereocenters. The van der Waals surface area contributed by atoms with Crippen LogP contribution in [0.2, 0.25) is 9.56 Å². The Hall–Kier alpha value is 0.202. The Bertz CT molecular complexity index is 80.9. The lowest BCUT2D eigenvalue weighted by Gasteiger charge is -2.10. The van der Waals surface area contributed by atoms with Crippen LogP contribution in [0.25, 0.3) is 0 Å². The Morgan fingerprint density at radius 1 is 1.11 bits per heavy atom. The van der Waals surface area contributed by atoms with Gasteiger partial charge in [0.05, 0.1) is 0 Å². The summed E-state index contributed by atoms with van der Waals surface area (Å²) in [6.07, 6.45) is 0. The van der Waals surface area contributed by atoms with Gasteiger partial charge >= 0.3 is 14.1 Å². The average Bonchev–Trinajstić information content (AvgIpc) is 1.64. The highest BCUT2D eigenvalue weighted by atomic mass is 27.2. The second-order valence-electron chi connectivity index (χ2n) is 3.20. The van der Waals surface area contributed by atoms with Crippen LogP contribution in [-0.4, -0.2) is 19.3 Å². The maximum Gasteiger partial charge on any atom is 0.365 e. The predicted octanol–water partition coefficient (Wildman–Crippen LogP) is 2.07. The van der Waals surface area contributed by atoms with Gasteiger partial charge in [0.25, 0.3) is 0 Å². The molecular weight excluding hydrogens is 127 g/mol. The third-order valence-corrected chi connectivity index (χ3v) is 5.09. The molecule has 0 saturated carbocycles. The summed E-state index contributed by atoms with van der Waals surface area (Å²) in [6.45, 7) is 8.58. The van der Waals surface area contributed by atoms with Gasteiger partial charge in [0.1, 0.15) is 0 Å². The normalized spacial score (nSPS) is 10.4. The smallest absolute Gasteiger partial charge is 0.324 e. The molecule has 52 valence electrons. The molecule has 0 heterocycles. The molecule has 0 fully saturated rings. The molecule has 0 aromatic heterocycles. The molecule has 0 saturated heterocycles. The summed E-state index contributed by atoms with van der Waals surface area (Å²) in [5, 5.41) is 1.20. The van der Waals surface area contributed by atoms with Gasteiger partial charge in [-0.25, -0.2) is 0 Å².